The number of rotatable bonds is 5. The normalized spacial score (nSPS) is 26.0. The molecule has 1 aliphatic heterocycles. The van der Waals surface area contributed by atoms with E-state index in [0.717, 1.165) is 6.42 Å². The van der Waals surface area contributed by atoms with Crippen molar-refractivity contribution in [3.8, 4) is 0 Å². The van der Waals surface area contributed by atoms with Crippen molar-refractivity contribution < 1.29 is 23.2 Å². The van der Waals surface area contributed by atoms with E-state index in [2.05, 4.69) is 4.74 Å². The molecule has 0 N–H and O–H groups in total. The Kier molecular flexibility index (Phi) is 4.23. The van der Waals surface area contributed by atoms with Gasteiger partial charge in [-0.1, -0.05) is 13.3 Å². The molecule has 2 atom stereocenters. The minimum Gasteiger partial charge on any atom is -0.397 e. The molecule has 92 valence electrons. The van der Waals surface area contributed by atoms with Crippen LogP contribution in [0.3, 0.4) is 0 Å². The second-order valence-electron chi connectivity index (χ2n) is 4.04. The van der Waals surface area contributed by atoms with E-state index >= 15 is 0 Å². The van der Waals surface area contributed by atoms with Crippen LogP contribution in [0.2, 0.25) is 12.1 Å². The highest BCUT2D eigenvalue weighted by Crippen LogP contribution is 2.40. The smallest absolute Gasteiger partial charge is 0.349 e. The van der Waals surface area contributed by atoms with Crippen LogP contribution >= 0.6 is 0 Å². The van der Waals surface area contributed by atoms with Crippen molar-refractivity contribution in [1.29, 1.82) is 0 Å². The van der Waals surface area contributed by atoms with Gasteiger partial charge < -0.3 is 13.6 Å². The molecule has 6 heteroatoms. The third-order valence-electron chi connectivity index (χ3n) is 3.14. The Morgan fingerprint density at radius 3 is 2.25 bits per heavy atom. The summed E-state index contributed by atoms with van der Waals surface area (Å²) >= 11 is 0. The molecule has 0 aromatic carbocycles. The molecule has 1 rings (SSSR count). The van der Waals surface area contributed by atoms with Crippen molar-refractivity contribution in [3.63, 3.8) is 0 Å². The second kappa shape index (κ2) is 5.07. The lowest BCUT2D eigenvalue weighted by atomic mass is 10.0. The van der Waals surface area contributed by atoms with Gasteiger partial charge in [-0.3, -0.25) is 9.59 Å². The van der Waals surface area contributed by atoms with E-state index in [4.69, 9.17) is 8.85 Å². The second-order valence-corrected chi connectivity index (χ2v) is 7.51. The fraction of sp³-hybridized carbons (Fsp3) is 0.800. The quantitative estimate of drug-likeness (QED) is 0.414. The summed E-state index contributed by atoms with van der Waals surface area (Å²) in [5.41, 5.74) is -0.546. The van der Waals surface area contributed by atoms with Crippen LogP contribution in [0, 0.1) is 5.92 Å². The van der Waals surface area contributed by atoms with Gasteiger partial charge in [0.2, 0.25) is 0 Å². The average molecular weight is 246 g/mol. The molecule has 5 nitrogen and oxygen atoms in total. The zero-order valence-corrected chi connectivity index (χ0v) is 11.1. The fourth-order valence-electron chi connectivity index (χ4n) is 2.05. The summed E-state index contributed by atoms with van der Waals surface area (Å²) in [6.45, 7) is 3.74. The average Bonchev–Trinajstić information content (AvgIpc) is 2.54. The Morgan fingerprint density at radius 2 is 1.81 bits per heavy atom. The van der Waals surface area contributed by atoms with Gasteiger partial charge >= 0.3 is 20.5 Å². The first-order valence-corrected chi connectivity index (χ1v) is 7.75. The SMILES string of the molecule is CCCC1C(=O)OC(=O)C1[Si](C)(OC)OC. The van der Waals surface area contributed by atoms with E-state index in [1.165, 1.54) is 14.2 Å². The van der Waals surface area contributed by atoms with Crippen molar-refractivity contribution in [2.24, 2.45) is 5.92 Å². The number of ether oxygens (including phenoxy) is 1. The molecule has 16 heavy (non-hydrogen) atoms. The molecule has 1 heterocycles. The van der Waals surface area contributed by atoms with E-state index in [-0.39, 0.29) is 0 Å². The predicted molar refractivity (Wildman–Crippen MR) is 58.9 cm³/mol. The maximum atomic E-state index is 11.7. The molecule has 0 spiro atoms. The number of hydrogen-bond donors (Lipinski definition) is 0. The van der Waals surface area contributed by atoms with Gasteiger partial charge in [-0.2, -0.15) is 0 Å². The van der Waals surface area contributed by atoms with E-state index in [1.807, 2.05) is 6.92 Å². The van der Waals surface area contributed by atoms with Crippen LogP contribution < -0.4 is 0 Å². The van der Waals surface area contributed by atoms with Gasteiger partial charge in [0.15, 0.2) is 0 Å². The van der Waals surface area contributed by atoms with Gasteiger partial charge in [-0.05, 0) is 13.0 Å². The lowest BCUT2D eigenvalue weighted by molar-refractivity contribution is -0.153. The highest BCUT2D eigenvalue weighted by molar-refractivity contribution is 6.71. The molecule has 0 aromatic rings. The first-order valence-electron chi connectivity index (χ1n) is 5.36. The highest BCUT2D eigenvalue weighted by Gasteiger charge is 2.57. The van der Waals surface area contributed by atoms with Crippen LogP contribution in [0.1, 0.15) is 19.8 Å². The third-order valence-corrected chi connectivity index (χ3v) is 6.52. The van der Waals surface area contributed by atoms with Crippen LogP contribution in [-0.2, 0) is 23.2 Å². The van der Waals surface area contributed by atoms with Crippen LogP contribution in [0.15, 0.2) is 0 Å². The summed E-state index contributed by atoms with van der Waals surface area (Å²) in [6.07, 6.45) is 1.45. The fourth-order valence-corrected chi connectivity index (χ4v) is 4.25. The molecule has 1 saturated heterocycles. The Bertz CT molecular complexity index is 287. The van der Waals surface area contributed by atoms with Crippen molar-refractivity contribution >= 4 is 20.5 Å². The van der Waals surface area contributed by atoms with Gasteiger partial charge in [-0.15, -0.1) is 0 Å². The zero-order valence-electron chi connectivity index (χ0n) is 10.1. The molecule has 1 aliphatic rings. The summed E-state index contributed by atoms with van der Waals surface area (Å²) in [5.74, 6) is -1.35. The zero-order chi connectivity index (χ0) is 12.3. The van der Waals surface area contributed by atoms with Crippen LogP contribution in [0.4, 0.5) is 0 Å². The maximum absolute atomic E-state index is 11.7. The van der Waals surface area contributed by atoms with E-state index < -0.39 is 32.0 Å². The Morgan fingerprint density at radius 1 is 1.25 bits per heavy atom. The number of carbonyl (C=O) groups is 2. The van der Waals surface area contributed by atoms with Crippen molar-refractivity contribution in [2.45, 2.75) is 31.9 Å². The first kappa shape index (κ1) is 13.3. The lowest BCUT2D eigenvalue weighted by Gasteiger charge is -2.28. The summed E-state index contributed by atoms with van der Waals surface area (Å²) in [7, 11) is 0.353. The van der Waals surface area contributed by atoms with Gasteiger partial charge in [0, 0.05) is 14.2 Å². The maximum Gasteiger partial charge on any atom is 0.349 e. The summed E-state index contributed by atoms with van der Waals surface area (Å²) in [5, 5.41) is 0. The molecule has 0 aliphatic carbocycles. The van der Waals surface area contributed by atoms with Crippen LogP contribution in [0.5, 0.6) is 0 Å². The van der Waals surface area contributed by atoms with Crippen LogP contribution in [-0.4, -0.2) is 34.7 Å². The molecule has 0 saturated carbocycles. The van der Waals surface area contributed by atoms with Crippen molar-refractivity contribution in [2.75, 3.05) is 14.2 Å². The van der Waals surface area contributed by atoms with Gasteiger partial charge in [-0.25, -0.2) is 0 Å². The Hall–Kier alpha value is -0.723. The summed E-state index contributed by atoms with van der Waals surface area (Å²) < 4.78 is 15.3. The van der Waals surface area contributed by atoms with E-state index in [0.29, 0.717) is 6.42 Å². The molecular formula is C10H18O5Si. The number of hydrogen-bond acceptors (Lipinski definition) is 5. The van der Waals surface area contributed by atoms with Crippen molar-refractivity contribution in [1.82, 2.24) is 0 Å². The van der Waals surface area contributed by atoms with E-state index in [1.54, 1.807) is 6.55 Å². The molecule has 0 amide bonds. The molecule has 0 aromatic heterocycles. The summed E-state index contributed by atoms with van der Waals surface area (Å²) in [6, 6.07) is 0. The standard InChI is InChI=1S/C10H18O5Si/c1-5-6-7-8(10(12)15-9(7)11)16(4,13-2)14-3/h7-8H,5-6H2,1-4H3. The topological polar surface area (TPSA) is 61.8 Å². The molecule has 2 unspecified atom stereocenters. The Labute approximate surface area is 96.3 Å². The van der Waals surface area contributed by atoms with Gasteiger partial charge in [0.1, 0.15) is 5.54 Å². The molecule has 0 radical (unpaired) electrons. The molecular weight excluding hydrogens is 228 g/mol. The predicted octanol–water partition coefficient (Wildman–Crippen LogP) is 1.22. The minimum atomic E-state index is -2.66. The lowest BCUT2D eigenvalue weighted by Crippen LogP contribution is -2.46. The first-order chi connectivity index (χ1) is 7.50. The van der Waals surface area contributed by atoms with Crippen LogP contribution in [0.25, 0.3) is 0 Å². The number of cyclic esters (lactones) is 2. The van der Waals surface area contributed by atoms with E-state index in [9.17, 15) is 9.59 Å². The number of esters is 2. The highest BCUT2D eigenvalue weighted by atomic mass is 28.4. The largest absolute Gasteiger partial charge is 0.397 e. The Balaban J connectivity index is 2.98. The monoisotopic (exact) mass is 246 g/mol. The molecule has 0 bridgehead atoms. The molecule has 1 fully saturated rings. The number of carbonyl (C=O) groups excluding carboxylic acids is 2. The van der Waals surface area contributed by atoms with Gasteiger partial charge in [0.25, 0.3) is 0 Å². The van der Waals surface area contributed by atoms with Gasteiger partial charge in [0.05, 0.1) is 5.92 Å². The third kappa shape index (κ3) is 2.18. The minimum absolute atomic E-state index is 0.408. The summed E-state index contributed by atoms with van der Waals surface area (Å²) in [4.78, 5) is 23.2. The van der Waals surface area contributed by atoms with Crippen molar-refractivity contribution in [3.05, 3.63) is 0 Å².